The maximum Gasteiger partial charge on any atom is 0.211 e. The molecule has 6 heteroatoms. The van der Waals surface area contributed by atoms with Crippen LogP contribution in [0.15, 0.2) is 18.5 Å². The van der Waals surface area contributed by atoms with Crippen LogP contribution in [-0.2, 0) is 16.6 Å². The Morgan fingerprint density at radius 3 is 2.80 bits per heavy atom. The summed E-state index contributed by atoms with van der Waals surface area (Å²) < 4.78 is 24.6. The van der Waals surface area contributed by atoms with Crippen LogP contribution in [0.25, 0.3) is 0 Å². The lowest BCUT2D eigenvalue weighted by Gasteiger charge is -2.05. The molecule has 0 aliphatic heterocycles. The lowest BCUT2D eigenvalue weighted by atomic mass is 10.3. The van der Waals surface area contributed by atoms with Crippen molar-refractivity contribution in [3.63, 3.8) is 0 Å². The van der Waals surface area contributed by atoms with Crippen molar-refractivity contribution in [1.82, 2.24) is 15.0 Å². The normalized spacial score (nSPS) is 11.8. The largest absolute Gasteiger partial charge is 0.367 e. The van der Waals surface area contributed by atoms with Gasteiger partial charge in [0, 0.05) is 32.0 Å². The van der Waals surface area contributed by atoms with Crippen LogP contribution in [0, 0.1) is 0 Å². The van der Waals surface area contributed by atoms with Gasteiger partial charge in [-0.3, -0.25) is 0 Å². The molecular weight excluding hydrogens is 214 g/mol. The van der Waals surface area contributed by atoms with Crippen LogP contribution in [0.5, 0.6) is 0 Å². The van der Waals surface area contributed by atoms with E-state index in [2.05, 4.69) is 15.0 Å². The number of H-pyrrole nitrogens is 1. The summed E-state index contributed by atoms with van der Waals surface area (Å²) in [5.41, 5.74) is 1.16. The van der Waals surface area contributed by atoms with Crippen molar-refractivity contribution in [2.24, 2.45) is 0 Å². The Kier molecular flexibility index (Phi) is 4.80. The molecule has 1 heterocycles. The lowest BCUT2D eigenvalue weighted by Crippen LogP contribution is -2.32. The third kappa shape index (κ3) is 4.96. The molecule has 0 atom stereocenters. The van der Waals surface area contributed by atoms with E-state index in [1.54, 1.807) is 6.92 Å². The van der Waals surface area contributed by atoms with E-state index >= 15 is 0 Å². The lowest BCUT2D eigenvalue weighted by molar-refractivity contribution is 0.577. The van der Waals surface area contributed by atoms with Gasteiger partial charge in [0.25, 0.3) is 0 Å². The Balaban J connectivity index is 2.08. The third-order valence-corrected chi connectivity index (χ3v) is 3.40. The van der Waals surface area contributed by atoms with E-state index in [0.717, 1.165) is 12.1 Å². The first-order chi connectivity index (χ1) is 7.14. The summed E-state index contributed by atoms with van der Waals surface area (Å²) in [5, 5.41) is 3.14. The number of hydrogen-bond acceptors (Lipinski definition) is 3. The van der Waals surface area contributed by atoms with Crippen molar-refractivity contribution < 1.29 is 8.42 Å². The van der Waals surface area contributed by atoms with Crippen molar-refractivity contribution in [3.05, 3.63) is 24.0 Å². The molecule has 1 rings (SSSR count). The Labute approximate surface area is 90.3 Å². The summed E-state index contributed by atoms with van der Waals surface area (Å²) in [5.74, 6) is 0.130. The predicted molar refractivity (Wildman–Crippen MR) is 60.0 cm³/mol. The van der Waals surface area contributed by atoms with Gasteiger partial charge in [0.2, 0.25) is 10.0 Å². The van der Waals surface area contributed by atoms with Gasteiger partial charge < -0.3 is 10.3 Å². The average molecular weight is 231 g/mol. The summed E-state index contributed by atoms with van der Waals surface area (Å²) in [6.07, 6.45) is 3.76. The van der Waals surface area contributed by atoms with E-state index in [0.29, 0.717) is 13.1 Å². The number of rotatable bonds is 7. The molecule has 0 radical (unpaired) electrons. The fourth-order valence-corrected chi connectivity index (χ4v) is 1.72. The zero-order chi connectivity index (χ0) is 11.1. The van der Waals surface area contributed by atoms with Crippen molar-refractivity contribution in [2.75, 3.05) is 18.8 Å². The van der Waals surface area contributed by atoms with E-state index < -0.39 is 10.0 Å². The highest BCUT2D eigenvalue weighted by molar-refractivity contribution is 7.89. The quantitative estimate of drug-likeness (QED) is 0.580. The molecule has 0 aliphatic carbocycles. The number of nitrogens with one attached hydrogen (secondary N) is 3. The molecule has 0 spiro atoms. The van der Waals surface area contributed by atoms with Gasteiger partial charge in [-0.1, -0.05) is 0 Å². The highest BCUT2D eigenvalue weighted by Crippen LogP contribution is 1.93. The second-order valence-corrected chi connectivity index (χ2v) is 5.29. The van der Waals surface area contributed by atoms with Crippen molar-refractivity contribution in [3.8, 4) is 0 Å². The summed E-state index contributed by atoms with van der Waals surface area (Å²) in [6.45, 7) is 3.43. The molecule has 0 amide bonds. The Morgan fingerprint density at radius 2 is 2.20 bits per heavy atom. The van der Waals surface area contributed by atoms with Gasteiger partial charge in [0.1, 0.15) is 0 Å². The van der Waals surface area contributed by atoms with Gasteiger partial charge in [-0.15, -0.1) is 0 Å². The molecule has 3 N–H and O–H groups in total. The first kappa shape index (κ1) is 12.2. The number of hydrogen-bond donors (Lipinski definition) is 3. The molecule has 0 saturated heterocycles. The molecule has 5 nitrogen and oxygen atoms in total. The minimum Gasteiger partial charge on any atom is -0.367 e. The highest BCUT2D eigenvalue weighted by atomic mass is 32.2. The smallest absolute Gasteiger partial charge is 0.211 e. The number of sulfonamides is 1. The molecule has 15 heavy (non-hydrogen) atoms. The average Bonchev–Trinajstić information content (AvgIpc) is 2.70. The van der Waals surface area contributed by atoms with E-state index in [-0.39, 0.29) is 5.75 Å². The summed E-state index contributed by atoms with van der Waals surface area (Å²) in [4.78, 5) is 2.95. The van der Waals surface area contributed by atoms with Gasteiger partial charge in [-0.05, 0) is 18.6 Å². The minimum atomic E-state index is -3.05. The first-order valence-electron chi connectivity index (χ1n) is 4.94. The van der Waals surface area contributed by atoms with E-state index in [4.69, 9.17) is 0 Å². The molecule has 0 saturated carbocycles. The Bertz CT molecular complexity index is 359. The highest BCUT2D eigenvalue weighted by Gasteiger charge is 2.03. The maximum atomic E-state index is 11.0. The van der Waals surface area contributed by atoms with Crippen molar-refractivity contribution in [1.29, 1.82) is 0 Å². The number of aromatic nitrogens is 1. The fourth-order valence-electron chi connectivity index (χ4n) is 1.10. The second kappa shape index (κ2) is 5.89. The molecule has 0 aliphatic rings. The van der Waals surface area contributed by atoms with Gasteiger partial charge in [0.15, 0.2) is 0 Å². The second-order valence-electron chi connectivity index (χ2n) is 3.19. The van der Waals surface area contributed by atoms with Crippen LogP contribution in [0.3, 0.4) is 0 Å². The number of aromatic amines is 1. The predicted octanol–water partition coefficient (Wildman–Crippen LogP) is 0.0436. The Morgan fingerprint density at radius 1 is 1.40 bits per heavy atom. The summed E-state index contributed by atoms with van der Waals surface area (Å²) in [6, 6.07) is 1.98. The summed E-state index contributed by atoms with van der Waals surface area (Å²) >= 11 is 0. The molecule has 1 aromatic heterocycles. The van der Waals surface area contributed by atoms with Crippen molar-refractivity contribution >= 4 is 10.0 Å². The third-order valence-electron chi connectivity index (χ3n) is 2.00. The molecule has 0 bridgehead atoms. The minimum absolute atomic E-state index is 0.130. The molecule has 0 unspecified atom stereocenters. The summed E-state index contributed by atoms with van der Waals surface area (Å²) in [7, 11) is -3.05. The van der Waals surface area contributed by atoms with Crippen LogP contribution < -0.4 is 10.0 Å². The monoisotopic (exact) mass is 231 g/mol. The zero-order valence-corrected chi connectivity index (χ0v) is 9.60. The molecule has 86 valence electrons. The van der Waals surface area contributed by atoms with Gasteiger partial charge in [0.05, 0.1) is 5.75 Å². The van der Waals surface area contributed by atoms with E-state index in [1.807, 2.05) is 18.5 Å². The van der Waals surface area contributed by atoms with Crippen LogP contribution in [0.1, 0.15) is 12.5 Å². The van der Waals surface area contributed by atoms with Gasteiger partial charge >= 0.3 is 0 Å². The van der Waals surface area contributed by atoms with Crippen LogP contribution >= 0.6 is 0 Å². The fraction of sp³-hybridized carbons (Fsp3) is 0.556. The first-order valence-corrected chi connectivity index (χ1v) is 6.59. The molecular formula is C9H17N3O2S. The molecule has 0 fully saturated rings. The van der Waals surface area contributed by atoms with Crippen LogP contribution in [-0.4, -0.2) is 32.2 Å². The van der Waals surface area contributed by atoms with Gasteiger partial charge in [-0.25, -0.2) is 13.1 Å². The van der Waals surface area contributed by atoms with E-state index in [9.17, 15) is 8.42 Å². The molecule has 1 aromatic rings. The maximum absolute atomic E-state index is 11.0. The Hall–Kier alpha value is -0.850. The topological polar surface area (TPSA) is 74.0 Å². The van der Waals surface area contributed by atoms with Crippen LogP contribution in [0.2, 0.25) is 0 Å². The molecule has 0 aromatic carbocycles. The van der Waals surface area contributed by atoms with Gasteiger partial charge in [-0.2, -0.15) is 0 Å². The standard InChI is InChI=1S/C9H17N3O2S/c1-2-15(13,14)12-6-5-11-8-9-3-4-10-7-9/h3-4,7,10-12H,2,5-6,8H2,1H3. The zero-order valence-electron chi connectivity index (χ0n) is 8.79. The SMILES string of the molecule is CCS(=O)(=O)NCCNCc1cc[nH]c1. The van der Waals surface area contributed by atoms with E-state index in [1.165, 1.54) is 0 Å². The van der Waals surface area contributed by atoms with Crippen molar-refractivity contribution in [2.45, 2.75) is 13.5 Å². The van der Waals surface area contributed by atoms with Crippen LogP contribution in [0.4, 0.5) is 0 Å².